The van der Waals surface area contributed by atoms with Crippen LogP contribution in [-0.4, -0.2) is 28.9 Å². The molecule has 0 aromatic heterocycles. The Morgan fingerprint density at radius 1 is 0.900 bits per heavy atom. The van der Waals surface area contributed by atoms with Gasteiger partial charge < -0.3 is 10.6 Å². The standard InChI is InChI=1S/C17H32N2O/c1-13(2)16(18)17(20)19(14-9-5-3-6-10-14)15-11-7-4-8-12-15/h13-16H,3-12,18H2,1-2H3/t16-/m1/s1. The average molecular weight is 280 g/mol. The van der Waals surface area contributed by atoms with Gasteiger partial charge in [0.1, 0.15) is 0 Å². The lowest BCUT2D eigenvalue weighted by atomic mass is 9.87. The van der Waals surface area contributed by atoms with E-state index in [1.807, 2.05) is 0 Å². The molecule has 2 saturated carbocycles. The highest BCUT2D eigenvalue weighted by Gasteiger charge is 2.35. The summed E-state index contributed by atoms with van der Waals surface area (Å²) in [7, 11) is 0. The van der Waals surface area contributed by atoms with Crippen LogP contribution >= 0.6 is 0 Å². The first-order chi connectivity index (χ1) is 9.61. The van der Waals surface area contributed by atoms with E-state index in [4.69, 9.17) is 5.73 Å². The van der Waals surface area contributed by atoms with Gasteiger partial charge in [-0.05, 0) is 31.6 Å². The summed E-state index contributed by atoms with van der Waals surface area (Å²) in [6, 6.07) is 0.604. The Morgan fingerprint density at radius 2 is 1.30 bits per heavy atom. The summed E-state index contributed by atoms with van der Waals surface area (Å²) in [5, 5.41) is 0. The van der Waals surface area contributed by atoms with Gasteiger partial charge in [-0.2, -0.15) is 0 Å². The molecule has 20 heavy (non-hydrogen) atoms. The van der Waals surface area contributed by atoms with Crippen LogP contribution in [0.2, 0.25) is 0 Å². The lowest BCUT2D eigenvalue weighted by Gasteiger charge is -2.43. The minimum atomic E-state index is -0.321. The second-order valence-corrected chi connectivity index (χ2v) is 7.10. The van der Waals surface area contributed by atoms with E-state index >= 15 is 0 Å². The summed E-state index contributed by atoms with van der Waals surface area (Å²) in [5.74, 6) is 0.455. The number of carbonyl (C=O) groups excluding carboxylic acids is 1. The second-order valence-electron chi connectivity index (χ2n) is 7.10. The third-order valence-electron chi connectivity index (χ3n) is 5.19. The molecule has 0 spiro atoms. The molecule has 1 amide bonds. The van der Waals surface area contributed by atoms with Crippen LogP contribution in [0.25, 0.3) is 0 Å². The molecule has 0 radical (unpaired) electrons. The predicted molar refractivity (Wildman–Crippen MR) is 83.4 cm³/mol. The van der Waals surface area contributed by atoms with Gasteiger partial charge in [0.05, 0.1) is 6.04 Å². The molecule has 3 heteroatoms. The third kappa shape index (κ3) is 3.75. The lowest BCUT2D eigenvalue weighted by molar-refractivity contribution is -0.140. The monoisotopic (exact) mass is 280 g/mol. The molecule has 0 bridgehead atoms. The molecule has 2 N–H and O–H groups in total. The van der Waals surface area contributed by atoms with Crippen molar-refractivity contribution in [3.8, 4) is 0 Å². The van der Waals surface area contributed by atoms with Gasteiger partial charge >= 0.3 is 0 Å². The summed E-state index contributed by atoms with van der Waals surface area (Å²) >= 11 is 0. The quantitative estimate of drug-likeness (QED) is 0.857. The summed E-state index contributed by atoms with van der Waals surface area (Å²) in [4.78, 5) is 15.1. The SMILES string of the molecule is CC(C)[C@@H](N)C(=O)N(C1CCCCC1)C1CCCCC1. The van der Waals surface area contributed by atoms with Gasteiger partial charge in [-0.15, -0.1) is 0 Å². The molecule has 2 rings (SSSR count). The van der Waals surface area contributed by atoms with Crippen molar-refractivity contribution < 1.29 is 4.79 Å². The fraction of sp³-hybridized carbons (Fsp3) is 0.941. The fourth-order valence-corrected chi connectivity index (χ4v) is 3.83. The molecule has 2 fully saturated rings. The zero-order valence-corrected chi connectivity index (χ0v) is 13.3. The van der Waals surface area contributed by atoms with E-state index in [2.05, 4.69) is 18.7 Å². The zero-order valence-electron chi connectivity index (χ0n) is 13.3. The highest BCUT2D eigenvalue weighted by molar-refractivity contribution is 5.82. The molecule has 1 atom stereocenters. The number of carbonyl (C=O) groups is 1. The number of nitrogens with two attached hydrogens (primary N) is 1. The van der Waals surface area contributed by atoms with E-state index in [9.17, 15) is 4.79 Å². The van der Waals surface area contributed by atoms with Crippen LogP contribution in [0.3, 0.4) is 0 Å². The highest BCUT2D eigenvalue weighted by Crippen LogP contribution is 2.31. The normalized spacial score (nSPS) is 23.8. The maximum atomic E-state index is 12.9. The molecule has 0 aromatic carbocycles. The van der Waals surface area contributed by atoms with Crippen molar-refractivity contribution in [2.24, 2.45) is 11.7 Å². The van der Waals surface area contributed by atoms with Gasteiger partial charge in [-0.3, -0.25) is 4.79 Å². The molecule has 3 nitrogen and oxygen atoms in total. The van der Waals surface area contributed by atoms with Crippen LogP contribution in [0.1, 0.15) is 78.1 Å². The van der Waals surface area contributed by atoms with Crippen LogP contribution in [0.5, 0.6) is 0 Å². The van der Waals surface area contributed by atoms with Crippen molar-refractivity contribution in [2.75, 3.05) is 0 Å². The molecule has 0 saturated heterocycles. The van der Waals surface area contributed by atoms with E-state index in [1.54, 1.807) is 0 Å². The number of hydrogen-bond donors (Lipinski definition) is 1. The number of hydrogen-bond acceptors (Lipinski definition) is 2. The third-order valence-corrected chi connectivity index (χ3v) is 5.19. The largest absolute Gasteiger partial charge is 0.335 e. The van der Waals surface area contributed by atoms with Gasteiger partial charge in [0, 0.05) is 12.1 Å². The fourth-order valence-electron chi connectivity index (χ4n) is 3.83. The van der Waals surface area contributed by atoms with Gasteiger partial charge in [0.25, 0.3) is 0 Å². The van der Waals surface area contributed by atoms with Crippen LogP contribution in [0, 0.1) is 5.92 Å². The summed E-state index contributed by atoms with van der Waals surface area (Å²) in [6.07, 6.45) is 12.5. The smallest absolute Gasteiger partial charge is 0.240 e. The molecule has 0 aromatic rings. The maximum absolute atomic E-state index is 12.9. The van der Waals surface area contributed by atoms with Crippen molar-refractivity contribution in [2.45, 2.75) is 96.2 Å². The Kier molecular flexibility index (Phi) is 5.88. The van der Waals surface area contributed by atoms with Gasteiger partial charge in [-0.1, -0.05) is 52.4 Å². The summed E-state index contributed by atoms with van der Waals surface area (Å²) in [6.45, 7) is 4.12. The first-order valence-corrected chi connectivity index (χ1v) is 8.69. The predicted octanol–water partition coefficient (Wildman–Crippen LogP) is 3.46. The van der Waals surface area contributed by atoms with Gasteiger partial charge in [0.2, 0.25) is 5.91 Å². The van der Waals surface area contributed by atoms with E-state index in [1.165, 1.54) is 64.2 Å². The molecular weight excluding hydrogens is 248 g/mol. The molecule has 0 heterocycles. The first-order valence-electron chi connectivity index (χ1n) is 8.69. The molecule has 0 unspecified atom stereocenters. The van der Waals surface area contributed by atoms with Gasteiger partial charge in [0.15, 0.2) is 0 Å². The maximum Gasteiger partial charge on any atom is 0.240 e. The zero-order chi connectivity index (χ0) is 14.5. The summed E-state index contributed by atoms with van der Waals surface area (Å²) in [5.41, 5.74) is 6.18. The van der Waals surface area contributed by atoms with Crippen molar-refractivity contribution in [3.63, 3.8) is 0 Å². The molecule has 116 valence electrons. The average Bonchev–Trinajstić information content (AvgIpc) is 2.48. The van der Waals surface area contributed by atoms with Gasteiger partial charge in [-0.25, -0.2) is 0 Å². The topological polar surface area (TPSA) is 46.3 Å². The Bertz CT molecular complexity index is 286. The highest BCUT2D eigenvalue weighted by atomic mass is 16.2. The number of amides is 1. The van der Waals surface area contributed by atoms with Crippen molar-refractivity contribution in [1.82, 2.24) is 4.90 Å². The Morgan fingerprint density at radius 3 is 1.65 bits per heavy atom. The van der Waals surface area contributed by atoms with Crippen LogP contribution in [-0.2, 0) is 4.79 Å². The summed E-state index contributed by atoms with van der Waals surface area (Å²) < 4.78 is 0. The second kappa shape index (κ2) is 7.44. The Balaban J connectivity index is 2.11. The van der Waals surface area contributed by atoms with E-state index in [0.29, 0.717) is 12.1 Å². The van der Waals surface area contributed by atoms with Crippen molar-refractivity contribution in [1.29, 1.82) is 0 Å². The molecule has 2 aliphatic carbocycles. The van der Waals surface area contributed by atoms with E-state index < -0.39 is 0 Å². The lowest BCUT2D eigenvalue weighted by Crippen LogP contribution is -2.55. The van der Waals surface area contributed by atoms with Crippen molar-refractivity contribution >= 4 is 5.91 Å². The Hall–Kier alpha value is -0.570. The van der Waals surface area contributed by atoms with Crippen LogP contribution < -0.4 is 5.73 Å². The minimum Gasteiger partial charge on any atom is -0.335 e. The molecule has 0 aliphatic heterocycles. The van der Waals surface area contributed by atoms with E-state index in [-0.39, 0.29) is 17.9 Å². The number of rotatable bonds is 4. The first kappa shape index (κ1) is 15.8. The Labute approximate surface area is 124 Å². The van der Waals surface area contributed by atoms with E-state index in [0.717, 1.165) is 0 Å². The van der Waals surface area contributed by atoms with Crippen LogP contribution in [0.4, 0.5) is 0 Å². The van der Waals surface area contributed by atoms with Crippen LogP contribution in [0.15, 0.2) is 0 Å². The van der Waals surface area contributed by atoms with Crippen molar-refractivity contribution in [3.05, 3.63) is 0 Å². The molecular formula is C17H32N2O. The minimum absolute atomic E-state index is 0.221. The molecule has 2 aliphatic rings. The number of nitrogens with zero attached hydrogens (tertiary/aromatic N) is 1.